The second-order valence-corrected chi connectivity index (χ2v) is 6.77. The predicted molar refractivity (Wildman–Crippen MR) is 87.0 cm³/mol. The molecule has 0 aliphatic carbocycles. The Morgan fingerprint density at radius 1 is 1.20 bits per heavy atom. The van der Waals surface area contributed by atoms with Crippen LogP contribution in [0.5, 0.6) is 0 Å². The fraction of sp³-hybridized carbons (Fsp3) is 0.667. The van der Waals surface area contributed by atoms with Gasteiger partial charge in [0, 0.05) is 18.6 Å². The maximum Gasteiger partial charge on any atom is 0.0294 e. The molecule has 1 N–H and O–H groups in total. The largest absolute Gasteiger partial charge is 0.307 e. The van der Waals surface area contributed by atoms with Crippen LogP contribution in [0.2, 0.25) is 0 Å². The first-order chi connectivity index (χ1) is 9.54. The van der Waals surface area contributed by atoms with E-state index < -0.39 is 0 Å². The van der Waals surface area contributed by atoms with Crippen molar-refractivity contribution in [2.45, 2.75) is 52.6 Å². The van der Waals surface area contributed by atoms with Crippen LogP contribution in [0.3, 0.4) is 0 Å². The van der Waals surface area contributed by atoms with Gasteiger partial charge in [-0.15, -0.1) is 0 Å². The quantitative estimate of drug-likeness (QED) is 0.879. The summed E-state index contributed by atoms with van der Waals surface area (Å²) in [4.78, 5) is 2.61. The van der Waals surface area contributed by atoms with Gasteiger partial charge in [-0.05, 0) is 51.3 Å². The van der Waals surface area contributed by atoms with Crippen molar-refractivity contribution < 1.29 is 0 Å². The van der Waals surface area contributed by atoms with E-state index in [4.69, 9.17) is 0 Å². The minimum absolute atomic E-state index is 0.455. The minimum Gasteiger partial charge on any atom is -0.307 e. The molecule has 1 fully saturated rings. The van der Waals surface area contributed by atoms with Gasteiger partial charge >= 0.3 is 0 Å². The van der Waals surface area contributed by atoms with E-state index in [2.05, 4.69) is 62.2 Å². The fourth-order valence-corrected chi connectivity index (χ4v) is 3.19. The average molecular weight is 274 g/mol. The Kier molecular flexibility index (Phi) is 5.62. The van der Waals surface area contributed by atoms with Crippen LogP contribution in [0.15, 0.2) is 24.3 Å². The van der Waals surface area contributed by atoms with Gasteiger partial charge in [0.15, 0.2) is 0 Å². The van der Waals surface area contributed by atoms with Gasteiger partial charge < -0.3 is 10.2 Å². The zero-order chi connectivity index (χ0) is 14.5. The standard InChI is InChI=1S/C18H30N2/c1-14(2)13-20-10-8-18(9-11-20)19-16(4)17-7-5-6-15(3)12-17/h5-7,12,14,16,18-19H,8-11,13H2,1-4H3/t16-/m0/s1. The molecule has 0 radical (unpaired) electrons. The SMILES string of the molecule is Cc1cccc([C@H](C)NC2CCN(CC(C)C)CC2)c1. The lowest BCUT2D eigenvalue weighted by Crippen LogP contribution is -2.44. The number of aryl methyl sites for hydroxylation is 1. The van der Waals surface area contributed by atoms with E-state index >= 15 is 0 Å². The van der Waals surface area contributed by atoms with Crippen molar-refractivity contribution in [2.75, 3.05) is 19.6 Å². The van der Waals surface area contributed by atoms with Crippen LogP contribution in [0.25, 0.3) is 0 Å². The summed E-state index contributed by atoms with van der Waals surface area (Å²) < 4.78 is 0. The average Bonchev–Trinajstić information content (AvgIpc) is 2.40. The summed E-state index contributed by atoms with van der Waals surface area (Å²) >= 11 is 0. The van der Waals surface area contributed by atoms with Gasteiger partial charge in [-0.3, -0.25) is 0 Å². The zero-order valence-electron chi connectivity index (χ0n) is 13.5. The number of piperidine rings is 1. The van der Waals surface area contributed by atoms with Crippen LogP contribution < -0.4 is 5.32 Å². The monoisotopic (exact) mass is 274 g/mol. The van der Waals surface area contributed by atoms with Crippen molar-refractivity contribution >= 4 is 0 Å². The molecule has 2 heteroatoms. The Morgan fingerprint density at radius 2 is 1.90 bits per heavy atom. The summed E-state index contributed by atoms with van der Waals surface area (Å²) in [5.74, 6) is 0.783. The maximum absolute atomic E-state index is 3.81. The Labute approximate surface area is 124 Å². The topological polar surface area (TPSA) is 15.3 Å². The third-order valence-electron chi connectivity index (χ3n) is 4.24. The highest BCUT2D eigenvalue weighted by molar-refractivity contribution is 5.24. The number of hydrogen-bond acceptors (Lipinski definition) is 2. The lowest BCUT2D eigenvalue weighted by atomic mass is 10.00. The number of hydrogen-bond donors (Lipinski definition) is 1. The van der Waals surface area contributed by atoms with Crippen LogP contribution in [0.4, 0.5) is 0 Å². The van der Waals surface area contributed by atoms with Gasteiger partial charge in [-0.25, -0.2) is 0 Å². The summed E-state index contributed by atoms with van der Waals surface area (Å²) in [6, 6.07) is 9.99. The zero-order valence-corrected chi connectivity index (χ0v) is 13.5. The van der Waals surface area contributed by atoms with E-state index in [9.17, 15) is 0 Å². The highest BCUT2D eigenvalue weighted by atomic mass is 15.1. The lowest BCUT2D eigenvalue weighted by molar-refractivity contribution is 0.175. The first-order valence-electron chi connectivity index (χ1n) is 8.09. The first-order valence-corrected chi connectivity index (χ1v) is 8.09. The summed E-state index contributed by atoms with van der Waals surface area (Å²) in [5, 5.41) is 3.81. The van der Waals surface area contributed by atoms with Gasteiger partial charge in [0.1, 0.15) is 0 Å². The Bertz CT molecular complexity index is 406. The van der Waals surface area contributed by atoms with Crippen molar-refractivity contribution in [2.24, 2.45) is 5.92 Å². The molecule has 1 aliphatic heterocycles. The van der Waals surface area contributed by atoms with Gasteiger partial charge in [0.2, 0.25) is 0 Å². The molecule has 1 aromatic carbocycles. The summed E-state index contributed by atoms with van der Waals surface area (Å²) in [7, 11) is 0. The summed E-state index contributed by atoms with van der Waals surface area (Å²) in [6.45, 7) is 12.8. The number of rotatable bonds is 5. The Morgan fingerprint density at radius 3 is 2.50 bits per heavy atom. The number of nitrogens with zero attached hydrogens (tertiary/aromatic N) is 1. The van der Waals surface area contributed by atoms with Gasteiger partial charge in [0.05, 0.1) is 0 Å². The van der Waals surface area contributed by atoms with Crippen LogP contribution in [0, 0.1) is 12.8 Å². The van der Waals surface area contributed by atoms with E-state index in [0.717, 1.165) is 5.92 Å². The molecule has 0 aromatic heterocycles. The van der Waals surface area contributed by atoms with Gasteiger partial charge in [0.25, 0.3) is 0 Å². The normalized spacial score (nSPS) is 19.4. The van der Waals surface area contributed by atoms with Crippen LogP contribution >= 0.6 is 0 Å². The maximum atomic E-state index is 3.81. The molecule has 112 valence electrons. The second-order valence-electron chi connectivity index (χ2n) is 6.77. The van der Waals surface area contributed by atoms with E-state index in [0.29, 0.717) is 12.1 Å². The van der Waals surface area contributed by atoms with E-state index in [1.165, 1.54) is 43.6 Å². The summed E-state index contributed by atoms with van der Waals surface area (Å²) in [6.07, 6.45) is 2.56. The first kappa shape index (κ1) is 15.5. The Hall–Kier alpha value is -0.860. The molecule has 2 nitrogen and oxygen atoms in total. The molecule has 0 bridgehead atoms. The smallest absolute Gasteiger partial charge is 0.0294 e. The van der Waals surface area contributed by atoms with Crippen LogP contribution in [0.1, 0.15) is 50.8 Å². The van der Waals surface area contributed by atoms with Crippen molar-refractivity contribution in [3.8, 4) is 0 Å². The Balaban J connectivity index is 1.80. The molecule has 1 heterocycles. The van der Waals surface area contributed by atoms with Crippen molar-refractivity contribution in [3.63, 3.8) is 0 Å². The molecule has 0 spiro atoms. The molecular weight excluding hydrogens is 244 g/mol. The van der Waals surface area contributed by atoms with E-state index in [-0.39, 0.29) is 0 Å². The number of nitrogens with one attached hydrogen (secondary N) is 1. The van der Waals surface area contributed by atoms with E-state index in [1.807, 2.05) is 0 Å². The molecule has 2 rings (SSSR count). The van der Waals surface area contributed by atoms with Crippen molar-refractivity contribution in [1.82, 2.24) is 10.2 Å². The molecule has 1 saturated heterocycles. The highest BCUT2D eigenvalue weighted by Gasteiger charge is 2.21. The lowest BCUT2D eigenvalue weighted by Gasteiger charge is -2.34. The summed E-state index contributed by atoms with van der Waals surface area (Å²) in [5.41, 5.74) is 2.76. The van der Waals surface area contributed by atoms with E-state index in [1.54, 1.807) is 0 Å². The van der Waals surface area contributed by atoms with Gasteiger partial charge in [-0.2, -0.15) is 0 Å². The molecule has 1 aromatic rings. The predicted octanol–water partition coefficient (Wildman–Crippen LogP) is 3.77. The van der Waals surface area contributed by atoms with Crippen LogP contribution in [-0.2, 0) is 0 Å². The third kappa shape index (κ3) is 4.60. The minimum atomic E-state index is 0.455. The molecule has 0 saturated carbocycles. The molecular formula is C18H30N2. The highest BCUT2D eigenvalue weighted by Crippen LogP contribution is 2.18. The third-order valence-corrected chi connectivity index (χ3v) is 4.24. The second kappa shape index (κ2) is 7.24. The number of likely N-dealkylation sites (tertiary alicyclic amines) is 1. The van der Waals surface area contributed by atoms with Gasteiger partial charge in [-0.1, -0.05) is 43.7 Å². The molecule has 1 atom stereocenters. The molecule has 0 amide bonds. The van der Waals surface area contributed by atoms with Crippen LogP contribution in [-0.4, -0.2) is 30.6 Å². The van der Waals surface area contributed by atoms with Crippen molar-refractivity contribution in [1.29, 1.82) is 0 Å². The molecule has 1 aliphatic rings. The number of benzene rings is 1. The molecule has 20 heavy (non-hydrogen) atoms. The molecule has 0 unspecified atom stereocenters. The van der Waals surface area contributed by atoms with Crippen molar-refractivity contribution in [3.05, 3.63) is 35.4 Å². The fourth-order valence-electron chi connectivity index (χ4n) is 3.19.